The molecule has 1 aromatic heterocycles. The van der Waals surface area contributed by atoms with Crippen LogP contribution in [-0.4, -0.2) is 10.9 Å². The van der Waals surface area contributed by atoms with E-state index in [1.54, 1.807) is 12.3 Å². The summed E-state index contributed by atoms with van der Waals surface area (Å²) in [4.78, 5) is 16.3. The van der Waals surface area contributed by atoms with Crippen LogP contribution in [0.25, 0.3) is 0 Å². The highest BCUT2D eigenvalue weighted by Gasteiger charge is 2.07. The number of pyridine rings is 1. The number of amides is 1. The first-order chi connectivity index (χ1) is 11.3. The molecule has 3 rings (SSSR count). The standard InChI is InChI=1S/C19H17N3O/c23-19(22-16-9-5-2-6-10-16)18-12-11-17(14-21-18)20-13-15-7-3-1-4-8-15/h1-12,14,20H,13H2,(H,22,23). The van der Waals surface area contributed by atoms with Crippen LogP contribution in [0.5, 0.6) is 0 Å². The Labute approximate surface area is 135 Å². The van der Waals surface area contributed by atoms with Crippen molar-refractivity contribution in [3.63, 3.8) is 0 Å². The average molecular weight is 303 g/mol. The molecule has 0 unspecified atom stereocenters. The second-order valence-electron chi connectivity index (χ2n) is 5.09. The third kappa shape index (κ3) is 4.17. The average Bonchev–Trinajstić information content (AvgIpc) is 2.62. The summed E-state index contributed by atoms with van der Waals surface area (Å²) in [6.45, 7) is 0.720. The van der Waals surface area contributed by atoms with Gasteiger partial charge in [-0.3, -0.25) is 4.79 Å². The van der Waals surface area contributed by atoms with Gasteiger partial charge in [0.15, 0.2) is 0 Å². The van der Waals surface area contributed by atoms with Crippen LogP contribution in [0, 0.1) is 0 Å². The highest BCUT2D eigenvalue weighted by Crippen LogP contribution is 2.11. The molecular weight excluding hydrogens is 286 g/mol. The Morgan fingerprint density at radius 2 is 1.52 bits per heavy atom. The van der Waals surface area contributed by atoms with E-state index in [0.29, 0.717) is 5.69 Å². The van der Waals surface area contributed by atoms with Gasteiger partial charge in [-0.1, -0.05) is 48.5 Å². The number of hydrogen-bond donors (Lipinski definition) is 2. The van der Waals surface area contributed by atoms with Crippen molar-refractivity contribution in [1.29, 1.82) is 0 Å². The number of carbonyl (C=O) groups excluding carboxylic acids is 1. The summed E-state index contributed by atoms with van der Waals surface area (Å²) in [7, 11) is 0. The molecule has 0 atom stereocenters. The molecular formula is C19H17N3O. The third-order valence-corrected chi connectivity index (χ3v) is 3.37. The van der Waals surface area contributed by atoms with Gasteiger partial charge >= 0.3 is 0 Å². The Kier molecular flexibility index (Phi) is 4.64. The second-order valence-corrected chi connectivity index (χ2v) is 5.09. The van der Waals surface area contributed by atoms with Gasteiger partial charge in [-0.25, -0.2) is 4.98 Å². The van der Waals surface area contributed by atoms with Crippen LogP contribution in [0.4, 0.5) is 11.4 Å². The molecule has 23 heavy (non-hydrogen) atoms. The van der Waals surface area contributed by atoms with Gasteiger partial charge in [0.1, 0.15) is 5.69 Å². The maximum atomic E-state index is 12.1. The Morgan fingerprint density at radius 1 is 0.826 bits per heavy atom. The lowest BCUT2D eigenvalue weighted by Crippen LogP contribution is -2.13. The van der Waals surface area contributed by atoms with Crippen molar-refractivity contribution in [2.24, 2.45) is 0 Å². The fraction of sp³-hybridized carbons (Fsp3) is 0.0526. The molecule has 0 radical (unpaired) electrons. The van der Waals surface area contributed by atoms with E-state index in [4.69, 9.17) is 0 Å². The zero-order valence-electron chi connectivity index (χ0n) is 12.6. The smallest absolute Gasteiger partial charge is 0.274 e. The predicted molar refractivity (Wildman–Crippen MR) is 92.4 cm³/mol. The number of benzene rings is 2. The largest absolute Gasteiger partial charge is 0.380 e. The Morgan fingerprint density at radius 3 is 2.17 bits per heavy atom. The van der Waals surface area contributed by atoms with E-state index in [0.717, 1.165) is 17.9 Å². The lowest BCUT2D eigenvalue weighted by Gasteiger charge is -2.08. The van der Waals surface area contributed by atoms with Gasteiger partial charge < -0.3 is 10.6 Å². The van der Waals surface area contributed by atoms with Crippen LogP contribution >= 0.6 is 0 Å². The molecule has 1 amide bonds. The first-order valence-corrected chi connectivity index (χ1v) is 7.41. The maximum Gasteiger partial charge on any atom is 0.274 e. The van der Waals surface area contributed by atoms with Crippen LogP contribution < -0.4 is 10.6 Å². The minimum atomic E-state index is -0.217. The Balaban J connectivity index is 1.59. The zero-order valence-corrected chi connectivity index (χ0v) is 12.6. The lowest BCUT2D eigenvalue weighted by atomic mass is 10.2. The van der Waals surface area contributed by atoms with Crippen LogP contribution in [0.1, 0.15) is 16.1 Å². The van der Waals surface area contributed by atoms with E-state index in [1.807, 2.05) is 54.6 Å². The van der Waals surface area contributed by atoms with Crippen molar-refractivity contribution in [3.05, 3.63) is 90.3 Å². The van der Waals surface area contributed by atoms with Gasteiger partial charge in [0, 0.05) is 12.2 Å². The molecule has 0 aliphatic carbocycles. The number of aromatic nitrogens is 1. The van der Waals surface area contributed by atoms with Crippen molar-refractivity contribution < 1.29 is 4.79 Å². The number of nitrogens with one attached hydrogen (secondary N) is 2. The van der Waals surface area contributed by atoms with Crippen LogP contribution in [-0.2, 0) is 6.54 Å². The molecule has 0 saturated heterocycles. The van der Waals surface area contributed by atoms with Crippen LogP contribution in [0.15, 0.2) is 79.0 Å². The van der Waals surface area contributed by atoms with E-state index in [1.165, 1.54) is 5.56 Å². The molecule has 114 valence electrons. The summed E-state index contributed by atoms with van der Waals surface area (Å²) in [5.74, 6) is -0.217. The van der Waals surface area contributed by atoms with Gasteiger partial charge in [-0.05, 0) is 29.8 Å². The van der Waals surface area contributed by atoms with Crippen molar-refractivity contribution in [2.75, 3.05) is 10.6 Å². The molecule has 0 aliphatic heterocycles. The summed E-state index contributed by atoms with van der Waals surface area (Å²) >= 11 is 0. The van der Waals surface area contributed by atoms with Crippen LogP contribution in [0.3, 0.4) is 0 Å². The fourth-order valence-corrected chi connectivity index (χ4v) is 2.15. The van der Waals surface area contributed by atoms with E-state index in [2.05, 4.69) is 27.8 Å². The predicted octanol–water partition coefficient (Wildman–Crippen LogP) is 3.95. The van der Waals surface area contributed by atoms with Gasteiger partial charge in [0.25, 0.3) is 5.91 Å². The first-order valence-electron chi connectivity index (χ1n) is 7.41. The summed E-state index contributed by atoms with van der Waals surface area (Å²) < 4.78 is 0. The van der Waals surface area contributed by atoms with Gasteiger partial charge in [-0.2, -0.15) is 0 Å². The van der Waals surface area contributed by atoms with E-state index >= 15 is 0 Å². The topological polar surface area (TPSA) is 54.0 Å². The summed E-state index contributed by atoms with van der Waals surface area (Å²) in [5.41, 5.74) is 3.22. The highest BCUT2D eigenvalue weighted by atomic mass is 16.1. The summed E-state index contributed by atoms with van der Waals surface area (Å²) in [6, 6.07) is 23.0. The zero-order chi connectivity index (χ0) is 15.9. The van der Waals surface area contributed by atoms with Crippen molar-refractivity contribution >= 4 is 17.3 Å². The fourth-order valence-electron chi connectivity index (χ4n) is 2.15. The summed E-state index contributed by atoms with van der Waals surface area (Å²) in [5, 5.41) is 6.10. The monoisotopic (exact) mass is 303 g/mol. The molecule has 0 saturated carbocycles. The molecule has 0 fully saturated rings. The molecule has 2 aromatic carbocycles. The quantitative estimate of drug-likeness (QED) is 0.750. The van der Waals surface area contributed by atoms with Gasteiger partial charge in [0.05, 0.1) is 11.9 Å². The molecule has 3 aromatic rings. The Hall–Kier alpha value is -3.14. The molecule has 0 aliphatic rings. The van der Waals surface area contributed by atoms with E-state index < -0.39 is 0 Å². The number of anilines is 2. The normalized spacial score (nSPS) is 10.1. The number of carbonyl (C=O) groups is 1. The molecule has 4 heteroatoms. The molecule has 0 bridgehead atoms. The lowest BCUT2D eigenvalue weighted by molar-refractivity contribution is 0.102. The van der Waals surface area contributed by atoms with Gasteiger partial charge in [0.2, 0.25) is 0 Å². The number of nitrogens with zero attached hydrogens (tertiary/aromatic N) is 1. The van der Waals surface area contributed by atoms with Gasteiger partial charge in [-0.15, -0.1) is 0 Å². The van der Waals surface area contributed by atoms with E-state index in [-0.39, 0.29) is 5.91 Å². The van der Waals surface area contributed by atoms with E-state index in [9.17, 15) is 4.79 Å². The number of para-hydroxylation sites is 1. The van der Waals surface area contributed by atoms with Crippen LogP contribution in [0.2, 0.25) is 0 Å². The minimum Gasteiger partial charge on any atom is -0.380 e. The third-order valence-electron chi connectivity index (χ3n) is 3.37. The van der Waals surface area contributed by atoms with Crippen molar-refractivity contribution in [3.8, 4) is 0 Å². The summed E-state index contributed by atoms with van der Waals surface area (Å²) in [6.07, 6.45) is 1.67. The number of hydrogen-bond acceptors (Lipinski definition) is 3. The molecule has 1 heterocycles. The highest BCUT2D eigenvalue weighted by molar-refractivity contribution is 6.02. The Bertz CT molecular complexity index is 756. The molecule has 4 nitrogen and oxygen atoms in total. The first kappa shape index (κ1) is 14.8. The molecule has 2 N–H and O–H groups in total. The SMILES string of the molecule is O=C(Nc1ccccc1)c1ccc(NCc2ccccc2)cn1. The molecule has 0 spiro atoms. The van der Waals surface area contributed by atoms with Crippen molar-refractivity contribution in [1.82, 2.24) is 4.98 Å². The second kappa shape index (κ2) is 7.22. The van der Waals surface area contributed by atoms with Crippen molar-refractivity contribution in [2.45, 2.75) is 6.54 Å². The number of rotatable bonds is 5. The maximum absolute atomic E-state index is 12.1. The minimum absolute atomic E-state index is 0.217.